The quantitative estimate of drug-likeness (QED) is 0.904. The Morgan fingerprint density at radius 3 is 2.67 bits per heavy atom. The topological polar surface area (TPSA) is 72.9 Å². The van der Waals surface area contributed by atoms with Crippen molar-refractivity contribution >= 4 is 5.91 Å². The van der Waals surface area contributed by atoms with E-state index >= 15 is 0 Å². The first-order valence-corrected chi connectivity index (χ1v) is 6.96. The molecule has 0 aliphatic heterocycles. The molecule has 1 aromatic carbocycles. The summed E-state index contributed by atoms with van der Waals surface area (Å²) in [5.41, 5.74) is 8.98. The third-order valence-corrected chi connectivity index (χ3v) is 3.16. The monoisotopic (exact) mass is 286 g/mol. The highest BCUT2D eigenvalue weighted by Gasteiger charge is 2.13. The smallest absolute Gasteiger partial charge is 0.251 e. The second-order valence-electron chi connectivity index (χ2n) is 6.27. The van der Waals surface area contributed by atoms with E-state index in [2.05, 4.69) is 44.2 Å². The van der Waals surface area contributed by atoms with E-state index in [1.165, 1.54) is 11.8 Å². The Morgan fingerprint density at radius 2 is 2.10 bits per heavy atom. The molecule has 0 bridgehead atoms. The van der Waals surface area contributed by atoms with Gasteiger partial charge in [0.25, 0.3) is 5.91 Å². The zero-order chi connectivity index (χ0) is 15.6. The van der Waals surface area contributed by atoms with Crippen LogP contribution < -0.4 is 11.1 Å². The van der Waals surface area contributed by atoms with Crippen LogP contribution in [-0.4, -0.2) is 21.2 Å². The standard InChI is InChI=1S/C16H22N4O/c1-11-5-6-14(12(7-11)8-18-16(2,3)4)20-10-13(9-19-20)15(17)21/h5-7,9-10,18H,8H2,1-4H3,(H2,17,21). The molecule has 3 N–H and O–H groups in total. The molecule has 1 heterocycles. The van der Waals surface area contributed by atoms with Crippen LogP contribution in [0.1, 0.15) is 42.3 Å². The Labute approximate surface area is 125 Å². The van der Waals surface area contributed by atoms with Gasteiger partial charge in [0.2, 0.25) is 0 Å². The molecule has 2 rings (SSSR count). The molecule has 0 saturated heterocycles. The Morgan fingerprint density at radius 1 is 1.38 bits per heavy atom. The molecule has 0 saturated carbocycles. The average Bonchev–Trinajstić information content (AvgIpc) is 2.85. The van der Waals surface area contributed by atoms with Crippen LogP contribution in [0.15, 0.2) is 30.6 Å². The van der Waals surface area contributed by atoms with E-state index < -0.39 is 5.91 Å². The number of carbonyl (C=O) groups is 1. The molecule has 0 aliphatic rings. The SMILES string of the molecule is Cc1ccc(-n2cc(C(N)=O)cn2)c(CNC(C)(C)C)c1. The number of nitrogens with two attached hydrogens (primary N) is 1. The third kappa shape index (κ3) is 3.92. The van der Waals surface area contributed by atoms with Crippen molar-refractivity contribution in [3.63, 3.8) is 0 Å². The van der Waals surface area contributed by atoms with Crippen LogP contribution in [0.3, 0.4) is 0 Å². The lowest BCUT2D eigenvalue weighted by Gasteiger charge is -2.22. The summed E-state index contributed by atoms with van der Waals surface area (Å²) in [4.78, 5) is 11.2. The minimum Gasteiger partial charge on any atom is -0.366 e. The van der Waals surface area contributed by atoms with Crippen LogP contribution in [0, 0.1) is 6.92 Å². The summed E-state index contributed by atoms with van der Waals surface area (Å²) >= 11 is 0. The van der Waals surface area contributed by atoms with Gasteiger partial charge in [0.15, 0.2) is 0 Å². The molecule has 1 aromatic heterocycles. The number of primary amides is 1. The number of nitrogens with zero attached hydrogens (tertiary/aromatic N) is 2. The Balaban J connectivity index is 2.35. The summed E-state index contributed by atoms with van der Waals surface area (Å²) in [5, 5.41) is 7.70. The zero-order valence-corrected chi connectivity index (χ0v) is 13.0. The number of amides is 1. The Bertz CT molecular complexity index is 653. The van der Waals surface area contributed by atoms with Crippen molar-refractivity contribution in [1.82, 2.24) is 15.1 Å². The normalized spacial score (nSPS) is 11.6. The molecular formula is C16H22N4O. The number of benzene rings is 1. The van der Waals surface area contributed by atoms with E-state index in [0.717, 1.165) is 17.8 Å². The highest BCUT2D eigenvalue weighted by atomic mass is 16.1. The fraction of sp³-hybridized carbons (Fsp3) is 0.375. The lowest BCUT2D eigenvalue weighted by atomic mass is 10.1. The summed E-state index contributed by atoms with van der Waals surface area (Å²) in [7, 11) is 0. The summed E-state index contributed by atoms with van der Waals surface area (Å²) < 4.78 is 1.69. The maximum Gasteiger partial charge on any atom is 0.251 e. The van der Waals surface area contributed by atoms with Gasteiger partial charge in [-0.3, -0.25) is 4.79 Å². The predicted molar refractivity (Wildman–Crippen MR) is 83.4 cm³/mol. The molecule has 0 unspecified atom stereocenters. The Kier molecular flexibility index (Phi) is 4.14. The molecule has 1 amide bonds. The lowest BCUT2D eigenvalue weighted by molar-refractivity contribution is 0.100. The van der Waals surface area contributed by atoms with E-state index in [4.69, 9.17) is 5.73 Å². The van der Waals surface area contributed by atoms with Crippen molar-refractivity contribution in [3.8, 4) is 5.69 Å². The summed E-state index contributed by atoms with van der Waals surface area (Å²) in [6.45, 7) is 9.17. The van der Waals surface area contributed by atoms with Gasteiger partial charge in [-0.25, -0.2) is 4.68 Å². The number of rotatable bonds is 4. The van der Waals surface area contributed by atoms with E-state index in [1.807, 2.05) is 12.1 Å². The van der Waals surface area contributed by atoms with Crippen LogP contribution in [0.25, 0.3) is 5.69 Å². The third-order valence-electron chi connectivity index (χ3n) is 3.16. The molecular weight excluding hydrogens is 264 g/mol. The van der Waals surface area contributed by atoms with Crippen molar-refractivity contribution in [2.45, 2.75) is 39.8 Å². The van der Waals surface area contributed by atoms with Crippen LogP contribution in [0.4, 0.5) is 0 Å². The molecule has 2 aromatic rings. The van der Waals surface area contributed by atoms with Gasteiger partial charge in [0, 0.05) is 18.3 Å². The lowest BCUT2D eigenvalue weighted by Crippen LogP contribution is -2.35. The van der Waals surface area contributed by atoms with Crippen LogP contribution >= 0.6 is 0 Å². The molecule has 0 radical (unpaired) electrons. The highest BCUT2D eigenvalue weighted by Crippen LogP contribution is 2.17. The van der Waals surface area contributed by atoms with Gasteiger partial charge in [-0.1, -0.05) is 17.7 Å². The zero-order valence-electron chi connectivity index (χ0n) is 13.0. The molecule has 0 aliphatic carbocycles. The highest BCUT2D eigenvalue weighted by molar-refractivity contribution is 5.92. The summed E-state index contributed by atoms with van der Waals surface area (Å²) in [5.74, 6) is -0.470. The van der Waals surface area contributed by atoms with Crippen LogP contribution in [-0.2, 0) is 6.54 Å². The first kappa shape index (κ1) is 15.3. The molecule has 0 atom stereocenters. The molecule has 21 heavy (non-hydrogen) atoms. The Hall–Kier alpha value is -2.14. The summed E-state index contributed by atoms with van der Waals surface area (Å²) in [6, 6.07) is 6.16. The number of hydrogen-bond donors (Lipinski definition) is 2. The van der Waals surface area contributed by atoms with Crippen LogP contribution in [0.2, 0.25) is 0 Å². The van der Waals surface area contributed by atoms with Gasteiger partial charge in [-0.15, -0.1) is 0 Å². The van der Waals surface area contributed by atoms with Gasteiger partial charge >= 0.3 is 0 Å². The van der Waals surface area contributed by atoms with Gasteiger partial charge in [-0.05, 0) is 39.3 Å². The van der Waals surface area contributed by atoms with E-state index in [-0.39, 0.29) is 5.54 Å². The molecule has 5 nitrogen and oxygen atoms in total. The number of nitrogens with one attached hydrogen (secondary N) is 1. The van der Waals surface area contributed by atoms with E-state index in [9.17, 15) is 4.79 Å². The van der Waals surface area contributed by atoms with Crippen molar-refractivity contribution in [1.29, 1.82) is 0 Å². The maximum absolute atomic E-state index is 11.2. The number of carbonyl (C=O) groups excluding carboxylic acids is 1. The van der Waals surface area contributed by atoms with Crippen LogP contribution in [0.5, 0.6) is 0 Å². The minimum atomic E-state index is -0.470. The fourth-order valence-electron chi connectivity index (χ4n) is 2.02. The van der Waals surface area contributed by atoms with Gasteiger partial charge in [0.05, 0.1) is 17.4 Å². The van der Waals surface area contributed by atoms with Gasteiger partial charge < -0.3 is 11.1 Å². The maximum atomic E-state index is 11.2. The number of aromatic nitrogens is 2. The van der Waals surface area contributed by atoms with Crippen molar-refractivity contribution < 1.29 is 4.79 Å². The molecule has 0 fully saturated rings. The van der Waals surface area contributed by atoms with E-state index in [0.29, 0.717) is 5.56 Å². The number of aryl methyl sites for hydroxylation is 1. The van der Waals surface area contributed by atoms with Gasteiger partial charge in [-0.2, -0.15) is 5.10 Å². The largest absolute Gasteiger partial charge is 0.366 e. The van der Waals surface area contributed by atoms with Crippen molar-refractivity contribution in [2.24, 2.45) is 5.73 Å². The second kappa shape index (κ2) is 5.69. The molecule has 5 heteroatoms. The van der Waals surface area contributed by atoms with Crippen molar-refractivity contribution in [3.05, 3.63) is 47.3 Å². The average molecular weight is 286 g/mol. The van der Waals surface area contributed by atoms with Gasteiger partial charge in [0.1, 0.15) is 0 Å². The molecule has 0 spiro atoms. The second-order valence-corrected chi connectivity index (χ2v) is 6.27. The minimum absolute atomic E-state index is 0.0313. The first-order chi connectivity index (χ1) is 9.76. The fourth-order valence-corrected chi connectivity index (χ4v) is 2.02. The van der Waals surface area contributed by atoms with Crippen molar-refractivity contribution in [2.75, 3.05) is 0 Å². The van der Waals surface area contributed by atoms with E-state index in [1.54, 1.807) is 10.9 Å². The molecule has 112 valence electrons. The predicted octanol–water partition coefficient (Wildman–Crippen LogP) is 2.17. The summed E-state index contributed by atoms with van der Waals surface area (Å²) in [6.07, 6.45) is 3.15. The first-order valence-electron chi connectivity index (χ1n) is 6.96. The number of hydrogen-bond acceptors (Lipinski definition) is 3.